The van der Waals surface area contributed by atoms with Crippen LogP contribution in [0.2, 0.25) is 0 Å². The molecule has 1 aromatic heterocycles. The predicted octanol–water partition coefficient (Wildman–Crippen LogP) is 5.93. The standard InChI is InChI=1S/C20H23N/c1-2-3-4-5-6-11-16-21-19-14-9-7-12-17(19)18-13-8-10-15-20(18)21/h2,7-10,12-15H,1,3-6,11,16H2. The first-order chi connectivity index (χ1) is 10.4. The number of aromatic nitrogens is 1. The van der Waals surface area contributed by atoms with Crippen molar-refractivity contribution in [3.63, 3.8) is 0 Å². The largest absolute Gasteiger partial charge is 0.340 e. The Bertz CT molecular complexity index is 683. The van der Waals surface area contributed by atoms with Crippen LogP contribution in [0.1, 0.15) is 32.1 Å². The van der Waals surface area contributed by atoms with Crippen molar-refractivity contribution < 1.29 is 0 Å². The molecule has 1 nitrogen and oxygen atoms in total. The van der Waals surface area contributed by atoms with E-state index >= 15 is 0 Å². The van der Waals surface area contributed by atoms with E-state index < -0.39 is 0 Å². The third-order valence-corrected chi connectivity index (χ3v) is 4.22. The van der Waals surface area contributed by atoms with E-state index in [4.69, 9.17) is 0 Å². The van der Waals surface area contributed by atoms with E-state index in [1.165, 1.54) is 47.5 Å². The molecule has 0 saturated heterocycles. The Balaban J connectivity index is 1.81. The SMILES string of the molecule is C=CCCCCCCn1c2ccccc2c2ccccc21. The lowest BCUT2D eigenvalue weighted by molar-refractivity contribution is 0.592. The summed E-state index contributed by atoms with van der Waals surface area (Å²) in [4.78, 5) is 0. The lowest BCUT2D eigenvalue weighted by Gasteiger charge is -2.07. The highest BCUT2D eigenvalue weighted by Crippen LogP contribution is 2.29. The molecule has 3 rings (SSSR count). The zero-order chi connectivity index (χ0) is 14.5. The van der Waals surface area contributed by atoms with Crippen LogP contribution in [0.3, 0.4) is 0 Å². The molecule has 1 heteroatoms. The lowest BCUT2D eigenvalue weighted by atomic mass is 10.1. The third-order valence-electron chi connectivity index (χ3n) is 4.22. The molecule has 0 spiro atoms. The average Bonchev–Trinajstić information content (AvgIpc) is 2.85. The van der Waals surface area contributed by atoms with Gasteiger partial charge in [0, 0.05) is 28.4 Å². The minimum Gasteiger partial charge on any atom is -0.340 e. The first-order valence-corrected chi connectivity index (χ1v) is 7.98. The first kappa shape index (κ1) is 13.9. The monoisotopic (exact) mass is 277 g/mol. The maximum atomic E-state index is 3.78. The number of benzene rings is 2. The van der Waals surface area contributed by atoms with Crippen LogP contribution in [0.25, 0.3) is 21.8 Å². The molecule has 0 fully saturated rings. The summed E-state index contributed by atoms with van der Waals surface area (Å²) in [6.45, 7) is 4.90. The Kier molecular flexibility index (Phi) is 4.40. The van der Waals surface area contributed by atoms with E-state index in [1.807, 2.05) is 6.08 Å². The van der Waals surface area contributed by atoms with Gasteiger partial charge in [-0.1, -0.05) is 55.3 Å². The summed E-state index contributed by atoms with van der Waals surface area (Å²) in [6, 6.07) is 17.5. The highest BCUT2D eigenvalue weighted by atomic mass is 15.0. The number of rotatable bonds is 7. The van der Waals surface area contributed by atoms with Crippen LogP contribution >= 0.6 is 0 Å². The van der Waals surface area contributed by atoms with Crippen molar-refractivity contribution in [1.29, 1.82) is 0 Å². The van der Waals surface area contributed by atoms with E-state index in [-0.39, 0.29) is 0 Å². The van der Waals surface area contributed by atoms with Gasteiger partial charge in [-0.05, 0) is 31.4 Å². The predicted molar refractivity (Wildman–Crippen MR) is 92.7 cm³/mol. The van der Waals surface area contributed by atoms with Crippen LogP contribution in [0.15, 0.2) is 61.2 Å². The lowest BCUT2D eigenvalue weighted by Crippen LogP contribution is -1.97. The third kappa shape index (κ3) is 2.87. The van der Waals surface area contributed by atoms with Gasteiger partial charge >= 0.3 is 0 Å². The average molecular weight is 277 g/mol. The second-order valence-corrected chi connectivity index (χ2v) is 5.68. The van der Waals surface area contributed by atoms with Gasteiger partial charge in [-0.3, -0.25) is 0 Å². The van der Waals surface area contributed by atoms with E-state index in [2.05, 4.69) is 59.7 Å². The van der Waals surface area contributed by atoms with Gasteiger partial charge in [0.2, 0.25) is 0 Å². The summed E-state index contributed by atoms with van der Waals surface area (Å²) in [5.74, 6) is 0. The maximum Gasteiger partial charge on any atom is 0.0491 e. The molecule has 1 heterocycles. The van der Waals surface area contributed by atoms with Crippen LogP contribution in [-0.2, 0) is 6.54 Å². The number of para-hydroxylation sites is 2. The summed E-state index contributed by atoms with van der Waals surface area (Å²) in [5.41, 5.74) is 2.73. The molecule has 0 N–H and O–H groups in total. The molecule has 108 valence electrons. The number of allylic oxidation sites excluding steroid dienone is 1. The Morgan fingerprint density at radius 2 is 1.33 bits per heavy atom. The molecule has 0 atom stereocenters. The molecule has 0 aliphatic heterocycles. The highest BCUT2D eigenvalue weighted by molar-refractivity contribution is 6.07. The van der Waals surface area contributed by atoms with Gasteiger partial charge in [0.25, 0.3) is 0 Å². The van der Waals surface area contributed by atoms with Crippen molar-refractivity contribution in [2.45, 2.75) is 38.6 Å². The Morgan fingerprint density at radius 3 is 1.95 bits per heavy atom. The van der Waals surface area contributed by atoms with Gasteiger partial charge in [0.1, 0.15) is 0 Å². The second-order valence-electron chi connectivity index (χ2n) is 5.68. The fraction of sp³-hybridized carbons (Fsp3) is 0.300. The summed E-state index contributed by atoms with van der Waals surface area (Å²) in [6.07, 6.45) is 8.30. The van der Waals surface area contributed by atoms with Crippen LogP contribution in [0.5, 0.6) is 0 Å². The highest BCUT2D eigenvalue weighted by Gasteiger charge is 2.08. The van der Waals surface area contributed by atoms with Gasteiger partial charge in [0.05, 0.1) is 0 Å². The molecule has 0 unspecified atom stereocenters. The van der Waals surface area contributed by atoms with E-state index in [9.17, 15) is 0 Å². The van der Waals surface area contributed by atoms with Gasteiger partial charge in [-0.2, -0.15) is 0 Å². The summed E-state index contributed by atoms with van der Waals surface area (Å²) in [7, 11) is 0. The number of hydrogen-bond acceptors (Lipinski definition) is 0. The van der Waals surface area contributed by atoms with Crippen molar-refractivity contribution in [3.05, 3.63) is 61.2 Å². The summed E-state index contributed by atoms with van der Waals surface area (Å²) < 4.78 is 2.48. The minimum atomic E-state index is 1.11. The minimum absolute atomic E-state index is 1.11. The van der Waals surface area contributed by atoms with E-state index in [1.54, 1.807) is 0 Å². The van der Waals surface area contributed by atoms with Gasteiger partial charge in [-0.25, -0.2) is 0 Å². The van der Waals surface area contributed by atoms with Crippen LogP contribution < -0.4 is 0 Å². The normalized spacial score (nSPS) is 11.2. The molecule has 21 heavy (non-hydrogen) atoms. The van der Waals surface area contributed by atoms with Crippen molar-refractivity contribution in [3.8, 4) is 0 Å². The number of unbranched alkanes of at least 4 members (excludes halogenated alkanes) is 4. The number of nitrogens with zero attached hydrogens (tertiary/aromatic N) is 1. The number of fused-ring (bicyclic) bond motifs is 3. The molecular formula is C20H23N. The number of aryl methyl sites for hydroxylation is 1. The fourth-order valence-electron chi connectivity index (χ4n) is 3.16. The Labute approximate surface area is 126 Å². The van der Waals surface area contributed by atoms with Crippen LogP contribution in [-0.4, -0.2) is 4.57 Å². The molecule has 0 aliphatic carbocycles. The second kappa shape index (κ2) is 6.62. The first-order valence-electron chi connectivity index (χ1n) is 7.98. The zero-order valence-electron chi connectivity index (χ0n) is 12.6. The van der Waals surface area contributed by atoms with Crippen LogP contribution in [0.4, 0.5) is 0 Å². The molecule has 0 bridgehead atoms. The molecular weight excluding hydrogens is 254 g/mol. The number of hydrogen-bond donors (Lipinski definition) is 0. The smallest absolute Gasteiger partial charge is 0.0491 e. The molecule has 3 aromatic rings. The van der Waals surface area contributed by atoms with Crippen molar-refractivity contribution in [1.82, 2.24) is 4.57 Å². The summed E-state index contributed by atoms with van der Waals surface area (Å²) in [5, 5.41) is 2.75. The van der Waals surface area contributed by atoms with E-state index in [0.29, 0.717) is 0 Å². The zero-order valence-corrected chi connectivity index (χ0v) is 12.6. The quantitative estimate of drug-likeness (QED) is 0.372. The van der Waals surface area contributed by atoms with Crippen molar-refractivity contribution >= 4 is 21.8 Å². The van der Waals surface area contributed by atoms with Crippen LogP contribution in [0, 0.1) is 0 Å². The molecule has 0 aliphatic rings. The maximum absolute atomic E-state index is 3.78. The Hall–Kier alpha value is -2.02. The van der Waals surface area contributed by atoms with Crippen molar-refractivity contribution in [2.24, 2.45) is 0 Å². The molecule has 0 saturated carbocycles. The van der Waals surface area contributed by atoms with Gasteiger partial charge in [-0.15, -0.1) is 6.58 Å². The van der Waals surface area contributed by atoms with Gasteiger partial charge in [0.15, 0.2) is 0 Å². The van der Waals surface area contributed by atoms with E-state index in [0.717, 1.165) is 13.0 Å². The Morgan fingerprint density at radius 1 is 0.762 bits per heavy atom. The molecule has 2 aromatic carbocycles. The summed E-state index contributed by atoms with van der Waals surface area (Å²) >= 11 is 0. The van der Waals surface area contributed by atoms with Gasteiger partial charge < -0.3 is 4.57 Å². The molecule has 0 amide bonds. The van der Waals surface area contributed by atoms with Crippen molar-refractivity contribution in [2.75, 3.05) is 0 Å². The molecule has 0 radical (unpaired) electrons. The topological polar surface area (TPSA) is 4.93 Å². The fourth-order valence-corrected chi connectivity index (χ4v) is 3.16.